The van der Waals surface area contributed by atoms with E-state index in [4.69, 9.17) is 11.6 Å². The predicted octanol–water partition coefficient (Wildman–Crippen LogP) is 5.88. The Morgan fingerprint density at radius 2 is 1.72 bits per heavy atom. The summed E-state index contributed by atoms with van der Waals surface area (Å²) in [6.07, 6.45) is 2.58. The minimum Gasteiger partial charge on any atom is -0.507 e. The number of aromatic nitrogens is 3. The quantitative estimate of drug-likeness (QED) is 0.256. The fraction of sp³-hybridized carbons (Fsp3) is 0.324. The summed E-state index contributed by atoms with van der Waals surface area (Å²) in [5, 5.41) is 13.2. The molecule has 2 aromatic heterocycles. The third kappa shape index (κ3) is 4.93. The molecule has 2 unspecified atom stereocenters. The summed E-state index contributed by atoms with van der Waals surface area (Å²) in [6, 6.07) is 3.35. The van der Waals surface area contributed by atoms with Crippen LogP contribution < -0.4 is 15.8 Å². The maximum Gasteiger partial charge on any atom is 0.281 e. The van der Waals surface area contributed by atoms with Crippen LogP contribution in [0.3, 0.4) is 0 Å². The van der Waals surface area contributed by atoms with Gasteiger partial charge in [0.25, 0.3) is 5.56 Å². The molecule has 0 saturated carbocycles. The van der Waals surface area contributed by atoms with E-state index in [-0.39, 0.29) is 58.1 Å². The summed E-state index contributed by atoms with van der Waals surface area (Å²) < 4.78 is 32.9. The lowest BCUT2D eigenvalue weighted by molar-refractivity contribution is -0.130. The van der Waals surface area contributed by atoms with E-state index in [1.165, 1.54) is 34.0 Å². The Morgan fingerprint density at radius 3 is 2.32 bits per heavy atom. The zero-order valence-electron chi connectivity index (χ0n) is 26.4. The molecule has 47 heavy (non-hydrogen) atoms. The smallest absolute Gasteiger partial charge is 0.281 e. The normalized spacial score (nSPS) is 17.6. The number of phenolic OH excluding ortho intramolecular Hbond substituents is 1. The molecule has 0 aliphatic carbocycles. The van der Waals surface area contributed by atoms with Crippen LogP contribution in [-0.2, 0) is 9.59 Å². The first-order valence-electron chi connectivity index (χ1n) is 15.2. The number of carbonyl (C=O) groups is 2. The van der Waals surface area contributed by atoms with Crippen molar-refractivity contribution in [3.05, 3.63) is 81.6 Å². The van der Waals surface area contributed by atoms with E-state index in [2.05, 4.69) is 21.9 Å². The first-order valence-corrected chi connectivity index (χ1v) is 15.6. The van der Waals surface area contributed by atoms with Crippen molar-refractivity contribution in [1.82, 2.24) is 19.4 Å². The number of nitrogens with zero attached hydrogens (tertiary/aromatic N) is 5. The van der Waals surface area contributed by atoms with E-state index in [1.54, 1.807) is 11.8 Å². The molecule has 4 heterocycles. The summed E-state index contributed by atoms with van der Waals surface area (Å²) in [5.74, 6) is -3.74. The summed E-state index contributed by atoms with van der Waals surface area (Å²) in [6.45, 7) is 13.0. The van der Waals surface area contributed by atoms with Crippen LogP contribution in [0.1, 0.15) is 57.8 Å². The van der Waals surface area contributed by atoms with E-state index in [0.717, 1.165) is 12.1 Å². The average molecular weight is 663 g/mol. The number of hydrogen-bond donors (Lipinski definition) is 2. The van der Waals surface area contributed by atoms with Gasteiger partial charge in [0.15, 0.2) is 0 Å². The van der Waals surface area contributed by atoms with Crippen LogP contribution in [-0.4, -0.2) is 61.5 Å². The third-order valence-corrected chi connectivity index (χ3v) is 9.17. The van der Waals surface area contributed by atoms with Gasteiger partial charge >= 0.3 is 0 Å². The molecule has 2 N–H and O–H groups in total. The van der Waals surface area contributed by atoms with Crippen molar-refractivity contribution in [3.63, 3.8) is 0 Å². The van der Waals surface area contributed by atoms with Crippen molar-refractivity contribution < 1.29 is 23.5 Å². The monoisotopic (exact) mass is 662 g/mol. The molecular weight excluding hydrogens is 630 g/mol. The second kappa shape index (κ2) is 11.8. The summed E-state index contributed by atoms with van der Waals surface area (Å²) in [5.41, 5.74) is -0.195. The molecule has 13 heteroatoms. The number of benzene rings is 2. The molecule has 0 radical (unpaired) electrons. The lowest BCUT2D eigenvalue weighted by Gasteiger charge is -2.48. The van der Waals surface area contributed by atoms with Gasteiger partial charge in [0, 0.05) is 23.5 Å². The highest BCUT2D eigenvalue weighted by molar-refractivity contribution is 6.39. The molecule has 6 rings (SSSR count). The van der Waals surface area contributed by atoms with Crippen molar-refractivity contribution in [2.24, 2.45) is 0 Å². The van der Waals surface area contributed by atoms with Gasteiger partial charge in [-0.05, 0) is 43.0 Å². The fourth-order valence-electron chi connectivity index (χ4n) is 6.63. The topological polar surface area (TPSA) is 121 Å². The first kappa shape index (κ1) is 32.1. The number of carbonyl (C=O) groups excluding carboxylic acids is 2. The molecular formula is C34H33ClF2N6O4. The molecule has 2 atom stereocenters. The number of rotatable bonds is 5. The number of amides is 2. The maximum atomic E-state index is 16.4. The Bertz CT molecular complexity index is 2020. The van der Waals surface area contributed by atoms with E-state index < -0.39 is 52.1 Å². The van der Waals surface area contributed by atoms with Gasteiger partial charge in [0.05, 0.1) is 45.4 Å². The molecule has 244 valence electrons. The number of pyridine rings is 1. The highest BCUT2D eigenvalue weighted by Gasteiger charge is 2.44. The van der Waals surface area contributed by atoms with Crippen LogP contribution in [0.25, 0.3) is 27.7 Å². The maximum absolute atomic E-state index is 16.4. The Kier molecular flexibility index (Phi) is 8.03. The summed E-state index contributed by atoms with van der Waals surface area (Å²) in [4.78, 5) is 53.3. The number of fused-ring (bicyclic) bond motifs is 5. The van der Waals surface area contributed by atoms with Gasteiger partial charge in [-0.3, -0.25) is 19.0 Å². The molecule has 0 spiro atoms. The molecule has 2 aliphatic heterocycles. The second-order valence-corrected chi connectivity index (χ2v) is 12.8. The number of hydrogen-bond acceptors (Lipinski definition) is 7. The van der Waals surface area contributed by atoms with Crippen molar-refractivity contribution in [2.45, 2.75) is 58.5 Å². The number of nitrogens with one attached hydrogen (secondary N) is 1. The summed E-state index contributed by atoms with van der Waals surface area (Å²) >= 11 is 7.09. The van der Waals surface area contributed by atoms with Crippen LogP contribution in [0.5, 0.6) is 5.75 Å². The number of piperazine rings is 1. The van der Waals surface area contributed by atoms with Crippen molar-refractivity contribution >= 4 is 45.7 Å². The number of aromatic hydroxyl groups is 1. The van der Waals surface area contributed by atoms with Gasteiger partial charge in [0.2, 0.25) is 11.8 Å². The molecule has 4 aromatic rings. The van der Waals surface area contributed by atoms with Crippen LogP contribution in [0.4, 0.5) is 20.2 Å². The molecule has 2 aliphatic rings. The lowest BCUT2D eigenvalue weighted by atomic mass is 9.95. The van der Waals surface area contributed by atoms with Gasteiger partial charge in [-0.15, -0.1) is 0 Å². The highest BCUT2D eigenvalue weighted by Crippen LogP contribution is 2.47. The minimum absolute atomic E-state index is 0.0131. The Hall–Kier alpha value is -4.84. The first-order chi connectivity index (χ1) is 22.3. The number of halogens is 3. The largest absolute Gasteiger partial charge is 0.507 e. The molecule has 0 bridgehead atoms. The predicted molar refractivity (Wildman–Crippen MR) is 176 cm³/mol. The number of anilines is 2. The molecule has 1 saturated heterocycles. The van der Waals surface area contributed by atoms with Crippen LogP contribution in [0.2, 0.25) is 5.02 Å². The zero-order chi connectivity index (χ0) is 34.1. The van der Waals surface area contributed by atoms with Crippen molar-refractivity contribution in [1.29, 1.82) is 0 Å². The van der Waals surface area contributed by atoms with Crippen LogP contribution in [0.15, 0.2) is 48.0 Å². The van der Waals surface area contributed by atoms with Gasteiger partial charge < -0.3 is 20.2 Å². The van der Waals surface area contributed by atoms with Crippen molar-refractivity contribution in [2.75, 3.05) is 23.3 Å². The summed E-state index contributed by atoms with van der Waals surface area (Å²) in [7, 11) is 0. The van der Waals surface area contributed by atoms with E-state index in [0.29, 0.717) is 17.1 Å². The minimum atomic E-state index is -0.963. The number of phenols is 1. The average Bonchev–Trinajstić information content (AvgIpc) is 3.02. The molecule has 1 fully saturated rings. The van der Waals surface area contributed by atoms with Crippen molar-refractivity contribution in [3.8, 4) is 22.6 Å². The third-order valence-electron chi connectivity index (χ3n) is 8.80. The fourth-order valence-corrected chi connectivity index (χ4v) is 7.00. The standard InChI is InChI=1S/C34H33ClF2N6O4/c1-7-23(45)41-13-21-33(46)40-29-31(42(21)12-17(41)6)18-11-20(37)25(24-19(36)9-8-10-22(24)44)26(35)30(18)43(34(29)47)32-27(15(2)3)38-14-39-28(32)16(4)5/h7-11,14-17,21,44H,1,12-13H2,2-6H3,(H,40,46). The van der Waals surface area contributed by atoms with E-state index in [9.17, 15) is 19.5 Å². The van der Waals surface area contributed by atoms with E-state index in [1.807, 2.05) is 27.7 Å². The zero-order valence-corrected chi connectivity index (χ0v) is 27.2. The van der Waals surface area contributed by atoms with Gasteiger partial charge in [-0.25, -0.2) is 18.7 Å². The van der Waals surface area contributed by atoms with Gasteiger partial charge in [-0.2, -0.15) is 0 Å². The molecule has 2 amide bonds. The van der Waals surface area contributed by atoms with Gasteiger partial charge in [-0.1, -0.05) is 51.9 Å². The SMILES string of the molecule is C=CC(=O)N1CC2C(=O)Nc3c(c4cc(F)c(-c5c(O)cccc5F)c(Cl)c4n(-c4c(C(C)C)ncnc4C(C)C)c3=O)N2CC1C. The second-order valence-electron chi connectivity index (χ2n) is 12.4. The van der Waals surface area contributed by atoms with E-state index >= 15 is 8.78 Å². The van der Waals surface area contributed by atoms with Gasteiger partial charge in [0.1, 0.15) is 35.4 Å². The van der Waals surface area contributed by atoms with Crippen LogP contribution >= 0.6 is 11.6 Å². The molecule has 2 aromatic carbocycles. The highest BCUT2D eigenvalue weighted by atomic mass is 35.5. The Labute approximate surface area is 274 Å². The lowest BCUT2D eigenvalue weighted by Crippen LogP contribution is -2.64. The van der Waals surface area contributed by atoms with Crippen LogP contribution in [0, 0.1) is 11.6 Å². The molecule has 10 nitrogen and oxygen atoms in total. The Morgan fingerprint density at radius 1 is 1.06 bits per heavy atom. The Balaban J connectivity index is 1.79.